The molecule has 158 valence electrons. The smallest absolute Gasteiger partial charge is 0.119 e. The Hall–Kier alpha value is -0.290. The molecule has 0 saturated carbocycles. The van der Waals surface area contributed by atoms with Crippen molar-refractivity contribution >= 4 is 24.0 Å². The third-order valence-electron chi connectivity index (χ3n) is 5.17. The number of nitrogens with two attached hydrogens (primary N) is 1. The van der Waals surface area contributed by atoms with Crippen molar-refractivity contribution < 1.29 is 4.74 Å². The average Bonchev–Trinajstić information content (AvgIpc) is 2.61. The van der Waals surface area contributed by atoms with Gasteiger partial charge in [0.15, 0.2) is 0 Å². The molecule has 1 aromatic carbocycles. The molecule has 0 radical (unpaired) electrons. The fraction of sp³-hybridized carbons (Fsp3) is 0.750. The van der Waals surface area contributed by atoms with E-state index in [-0.39, 0.29) is 35.6 Å². The molecule has 0 fully saturated rings. The highest BCUT2D eigenvalue weighted by Crippen LogP contribution is 2.21. The lowest BCUT2D eigenvalue weighted by atomic mass is 9.93. The molecule has 3 heteroatoms. The van der Waals surface area contributed by atoms with Crippen molar-refractivity contribution in [2.24, 2.45) is 5.73 Å². The average molecular weight is 490 g/mol. The first-order valence-corrected chi connectivity index (χ1v) is 11.0. The van der Waals surface area contributed by atoms with Crippen LogP contribution >= 0.6 is 24.0 Å². The summed E-state index contributed by atoms with van der Waals surface area (Å²) in [6, 6.07) is 10.1. The van der Waals surface area contributed by atoms with Gasteiger partial charge in [-0.2, -0.15) is 0 Å². The Balaban J connectivity index is 0.00000676. The summed E-state index contributed by atoms with van der Waals surface area (Å²) in [5.74, 6) is 0.926. The van der Waals surface area contributed by atoms with E-state index in [0.717, 1.165) is 12.2 Å². The van der Waals surface area contributed by atoms with Crippen molar-refractivity contribution in [1.82, 2.24) is 0 Å². The highest BCUT2D eigenvalue weighted by molar-refractivity contribution is 14.0. The third kappa shape index (κ3) is 14.4. The molecular weight excluding hydrogens is 445 g/mol. The van der Waals surface area contributed by atoms with Gasteiger partial charge in [0.2, 0.25) is 0 Å². The predicted octanol–water partition coefficient (Wildman–Crippen LogP) is 7.88. The van der Waals surface area contributed by atoms with Crippen molar-refractivity contribution in [1.29, 1.82) is 0 Å². The molecule has 0 bridgehead atoms. The van der Waals surface area contributed by atoms with E-state index in [2.05, 4.69) is 20.8 Å². The Kier molecular flexibility index (Phi) is 16.5. The molecule has 1 unspecified atom stereocenters. The Morgan fingerprint density at radius 3 is 1.67 bits per heavy atom. The highest BCUT2D eigenvalue weighted by atomic mass is 127. The van der Waals surface area contributed by atoms with E-state index in [0.29, 0.717) is 0 Å². The molecule has 0 aliphatic heterocycles. The third-order valence-corrected chi connectivity index (χ3v) is 5.17. The molecule has 0 amide bonds. The molecule has 27 heavy (non-hydrogen) atoms. The summed E-state index contributed by atoms with van der Waals surface area (Å²) in [5, 5.41) is 0. The van der Waals surface area contributed by atoms with Gasteiger partial charge in [0.05, 0.1) is 0 Å². The van der Waals surface area contributed by atoms with E-state index >= 15 is 0 Å². The van der Waals surface area contributed by atoms with Crippen molar-refractivity contribution in [2.75, 3.05) is 0 Å². The Bertz CT molecular complexity index is 430. The summed E-state index contributed by atoms with van der Waals surface area (Å²) in [5.41, 5.74) is 6.03. The first-order chi connectivity index (χ1) is 12.5. The van der Waals surface area contributed by atoms with E-state index in [4.69, 9.17) is 10.5 Å². The second-order valence-electron chi connectivity index (χ2n) is 8.42. The van der Waals surface area contributed by atoms with E-state index in [1.54, 1.807) is 0 Å². The monoisotopic (exact) mass is 489 g/mol. The normalized spacial score (nSPS) is 12.4. The molecule has 1 atom stereocenters. The fourth-order valence-corrected chi connectivity index (χ4v) is 3.42. The van der Waals surface area contributed by atoms with Crippen LogP contribution in [0.4, 0.5) is 0 Å². The van der Waals surface area contributed by atoms with Crippen LogP contribution in [0.25, 0.3) is 0 Å². The van der Waals surface area contributed by atoms with Gasteiger partial charge >= 0.3 is 0 Å². The number of hydrogen-bond donors (Lipinski definition) is 1. The molecule has 0 saturated heterocycles. The van der Waals surface area contributed by atoms with Crippen LogP contribution in [0.15, 0.2) is 30.3 Å². The zero-order valence-corrected chi connectivity index (χ0v) is 20.4. The Morgan fingerprint density at radius 1 is 0.778 bits per heavy atom. The molecule has 1 rings (SSSR count). The summed E-state index contributed by atoms with van der Waals surface area (Å²) >= 11 is 0. The second kappa shape index (κ2) is 16.6. The molecule has 0 spiro atoms. The number of unbranched alkanes of at least 4 members (excludes halogenated alkanes) is 11. The van der Waals surface area contributed by atoms with Gasteiger partial charge < -0.3 is 10.5 Å². The fourth-order valence-electron chi connectivity index (χ4n) is 3.42. The standard InChI is InChI=1S/C24H43NO.HI/c1-4-5-6-7-8-9-10-11-12-13-14-18-21-23(24(2,3)25)26-22-19-16-15-17-20-22;/h15-17,19-20,23H,4-14,18,21,25H2,1-3H3;1H. The summed E-state index contributed by atoms with van der Waals surface area (Å²) < 4.78 is 6.15. The summed E-state index contributed by atoms with van der Waals surface area (Å²) in [6.07, 6.45) is 17.6. The lowest BCUT2D eigenvalue weighted by molar-refractivity contribution is 0.117. The maximum atomic E-state index is 6.34. The van der Waals surface area contributed by atoms with E-state index in [1.807, 2.05) is 30.3 Å². The predicted molar refractivity (Wildman–Crippen MR) is 130 cm³/mol. The molecule has 2 N–H and O–H groups in total. The zero-order valence-electron chi connectivity index (χ0n) is 18.1. The maximum absolute atomic E-state index is 6.34. The first-order valence-electron chi connectivity index (χ1n) is 11.0. The summed E-state index contributed by atoms with van der Waals surface area (Å²) in [4.78, 5) is 0. The van der Waals surface area contributed by atoms with Crippen molar-refractivity contribution in [3.63, 3.8) is 0 Å². The van der Waals surface area contributed by atoms with Crippen LogP contribution < -0.4 is 10.5 Å². The molecular formula is C24H44INO. The van der Waals surface area contributed by atoms with Gasteiger partial charge in [-0.25, -0.2) is 0 Å². The molecule has 0 aliphatic carbocycles. The van der Waals surface area contributed by atoms with Crippen LogP contribution in [0, 0.1) is 0 Å². The number of para-hydroxylation sites is 1. The molecule has 2 nitrogen and oxygen atoms in total. The van der Waals surface area contributed by atoms with Crippen LogP contribution in [0.2, 0.25) is 0 Å². The van der Waals surface area contributed by atoms with Crippen molar-refractivity contribution in [2.45, 2.75) is 116 Å². The number of halogens is 1. The second-order valence-corrected chi connectivity index (χ2v) is 8.42. The largest absolute Gasteiger partial charge is 0.489 e. The van der Waals surface area contributed by atoms with Gasteiger partial charge in [-0.05, 0) is 38.8 Å². The lowest BCUT2D eigenvalue weighted by Crippen LogP contribution is -2.48. The van der Waals surface area contributed by atoms with Crippen LogP contribution in [0.1, 0.15) is 104 Å². The van der Waals surface area contributed by atoms with Crippen molar-refractivity contribution in [3.8, 4) is 5.75 Å². The van der Waals surface area contributed by atoms with Gasteiger partial charge in [-0.15, -0.1) is 24.0 Å². The van der Waals surface area contributed by atoms with E-state index in [1.165, 1.54) is 77.0 Å². The van der Waals surface area contributed by atoms with Crippen molar-refractivity contribution in [3.05, 3.63) is 30.3 Å². The van der Waals surface area contributed by atoms with Gasteiger partial charge in [-0.3, -0.25) is 0 Å². The number of benzene rings is 1. The summed E-state index contributed by atoms with van der Waals surface area (Å²) in [7, 11) is 0. The maximum Gasteiger partial charge on any atom is 0.119 e. The lowest BCUT2D eigenvalue weighted by Gasteiger charge is -2.31. The minimum Gasteiger partial charge on any atom is -0.489 e. The first kappa shape index (κ1) is 26.7. The number of hydrogen-bond acceptors (Lipinski definition) is 2. The SMILES string of the molecule is CCCCCCCCCCCCCCC(Oc1ccccc1)C(C)(C)N.I. The molecule has 0 heterocycles. The van der Waals surface area contributed by atoms with Crippen LogP contribution in [0.5, 0.6) is 5.75 Å². The van der Waals surface area contributed by atoms with Gasteiger partial charge in [0.1, 0.15) is 11.9 Å². The number of ether oxygens (including phenoxy) is 1. The minimum absolute atomic E-state index is 0. The quantitative estimate of drug-likeness (QED) is 0.189. The topological polar surface area (TPSA) is 35.2 Å². The van der Waals surface area contributed by atoms with Gasteiger partial charge in [0.25, 0.3) is 0 Å². The Labute approximate surface area is 186 Å². The highest BCUT2D eigenvalue weighted by Gasteiger charge is 2.26. The minimum atomic E-state index is -0.312. The molecule has 0 aliphatic rings. The van der Waals surface area contributed by atoms with E-state index in [9.17, 15) is 0 Å². The van der Waals surface area contributed by atoms with Crippen LogP contribution in [-0.4, -0.2) is 11.6 Å². The molecule has 0 aromatic heterocycles. The summed E-state index contributed by atoms with van der Waals surface area (Å²) in [6.45, 7) is 6.42. The zero-order chi connectivity index (χ0) is 19.1. The van der Waals surface area contributed by atoms with Gasteiger partial charge in [-0.1, -0.05) is 95.8 Å². The number of rotatable bonds is 16. The van der Waals surface area contributed by atoms with Crippen LogP contribution in [0.3, 0.4) is 0 Å². The van der Waals surface area contributed by atoms with Crippen LogP contribution in [-0.2, 0) is 0 Å². The van der Waals surface area contributed by atoms with Gasteiger partial charge in [0, 0.05) is 5.54 Å². The van der Waals surface area contributed by atoms with E-state index < -0.39 is 0 Å². The molecule has 1 aromatic rings. The Morgan fingerprint density at radius 2 is 1.22 bits per heavy atom.